The van der Waals surface area contributed by atoms with E-state index in [1.807, 2.05) is 47.4 Å². The summed E-state index contributed by atoms with van der Waals surface area (Å²) in [4.78, 5) is 23.9. The number of para-hydroxylation sites is 1. The van der Waals surface area contributed by atoms with Crippen LogP contribution in [-0.4, -0.2) is 56.5 Å². The lowest BCUT2D eigenvalue weighted by atomic mass is 10.0. The van der Waals surface area contributed by atoms with Gasteiger partial charge in [-0.05, 0) is 43.2 Å². The highest BCUT2D eigenvalue weighted by Crippen LogP contribution is 2.28. The molecule has 2 aromatic heterocycles. The standard InChI is InChI=1S/C23H23BrN6O2/c1-15-14-28(23-27-19-13-17(24)7-8-21(19)32-23)11-12-29(16(15)2)22(31)18-5-3-4-6-20(18)30-25-9-10-26-30/h3-10,13,15-16H,11-12,14H2,1-2H3. The summed E-state index contributed by atoms with van der Waals surface area (Å²) in [6.45, 7) is 6.21. The smallest absolute Gasteiger partial charge is 0.298 e. The van der Waals surface area contributed by atoms with Gasteiger partial charge in [-0.25, -0.2) is 0 Å². The van der Waals surface area contributed by atoms with Gasteiger partial charge in [-0.3, -0.25) is 4.79 Å². The summed E-state index contributed by atoms with van der Waals surface area (Å²) in [6, 6.07) is 13.9. The Morgan fingerprint density at radius 3 is 2.69 bits per heavy atom. The maximum absolute atomic E-state index is 13.6. The van der Waals surface area contributed by atoms with Crippen LogP contribution in [0.3, 0.4) is 0 Å². The number of anilines is 1. The molecular formula is C23H23BrN6O2. The molecule has 32 heavy (non-hydrogen) atoms. The normalized spacial score (nSPS) is 19.3. The number of halogens is 1. The van der Waals surface area contributed by atoms with E-state index in [-0.39, 0.29) is 17.9 Å². The fraction of sp³-hybridized carbons (Fsp3) is 0.304. The molecule has 1 fully saturated rings. The average Bonchev–Trinajstić information content (AvgIpc) is 3.45. The van der Waals surface area contributed by atoms with E-state index in [0.29, 0.717) is 30.4 Å². The Hall–Kier alpha value is -3.20. The third kappa shape index (κ3) is 3.77. The van der Waals surface area contributed by atoms with E-state index in [0.717, 1.165) is 22.1 Å². The second-order valence-corrected chi connectivity index (χ2v) is 9.02. The Bertz CT molecular complexity index is 1250. The first-order chi connectivity index (χ1) is 15.5. The van der Waals surface area contributed by atoms with E-state index in [1.54, 1.807) is 12.4 Å². The SMILES string of the molecule is CC1CN(c2nc3cc(Br)ccc3o2)CCN(C(=O)c2ccccc2-n2nccn2)C1C. The molecule has 1 amide bonds. The van der Waals surface area contributed by atoms with Crippen molar-refractivity contribution in [3.63, 3.8) is 0 Å². The summed E-state index contributed by atoms with van der Waals surface area (Å²) in [5.74, 6) is 0.193. The Morgan fingerprint density at radius 2 is 1.88 bits per heavy atom. The van der Waals surface area contributed by atoms with Gasteiger partial charge in [-0.2, -0.15) is 20.0 Å². The molecule has 0 aliphatic carbocycles. The van der Waals surface area contributed by atoms with Crippen LogP contribution in [0.5, 0.6) is 0 Å². The first kappa shape index (κ1) is 20.7. The molecule has 8 nitrogen and oxygen atoms in total. The van der Waals surface area contributed by atoms with Crippen LogP contribution < -0.4 is 4.90 Å². The van der Waals surface area contributed by atoms with E-state index in [1.165, 1.54) is 4.80 Å². The number of fused-ring (bicyclic) bond motifs is 1. The summed E-state index contributed by atoms with van der Waals surface area (Å²) in [6.07, 6.45) is 3.21. The van der Waals surface area contributed by atoms with Crippen LogP contribution in [0.2, 0.25) is 0 Å². The number of carbonyl (C=O) groups excluding carboxylic acids is 1. The first-order valence-electron chi connectivity index (χ1n) is 10.6. The van der Waals surface area contributed by atoms with Crippen molar-refractivity contribution in [2.45, 2.75) is 19.9 Å². The van der Waals surface area contributed by atoms with Gasteiger partial charge >= 0.3 is 0 Å². The molecule has 0 bridgehead atoms. The molecule has 0 saturated carbocycles. The van der Waals surface area contributed by atoms with Gasteiger partial charge in [-0.1, -0.05) is 35.0 Å². The second kappa shape index (κ2) is 8.38. The molecule has 2 atom stereocenters. The van der Waals surface area contributed by atoms with Gasteiger partial charge in [0.2, 0.25) is 0 Å². The number of oxazole rings is 1. The lowest BCUT2D eigenvalue weighted by Crippen LogP contribution is -2.42. The summed E-state index contributed by atoms with van der Waals surface area (Å²) < 4.78 is 6.98. The zero-order valence-corrected chi connectivity index (χ0v) is 19.4. The van der Waals surface area contributed by atoms with Crippen LogP contribution >= 0.6 is 15.9 Å². The van der Waals surface area contributed by atoms with Crippen molar-refractivity contribution in [2.75, 3.05) is 24.5 Å². The molecule has 164 valence electrons. The monoisotopic (exact) mass is 494 g/mol. The van der Waals surface area contributed by atoms with Crippen LogP contribution in [0.4, 0.5) is 6.01 Å². The molecular weight excluding hydrogens is 472 g/mol. The first-order valence-corrected chi connectivity index (χ1v) is 11.4. The molecule has 0 spiro atoms. The van der Waals surface area contributed by atoms with Crippen LogP contribution in [0.15, 0.2) is 63.7 Å². The molecule has 2 unspecified atom stereocenters. The van der Waals surface area contributed by atoms with Crippen LogP contribution in [0.1, 0.15) is 24.2 Å². The molecule has 0 radical (unpaired) electrons. The molecule has 9 heteroatoms. The quantitative estimate of drug-likeness (QED) is 0.425. The van der Waals surface area contributed by atoms with Gasteiger partial charge in [-0.15, -0.1) is 0 Å². The number of carbonyl (C=O) groups is 1. The summed E-state index contributed by atoms with van der Waals surface area (Å²) in [5.41, 5.74) is 2.82. The number of amides is 1. The highest BCUT2D eigenvalue weighted by Gasteiger charge is 2.33. The molecule has 5 rings (SSSR count). The number of aromatic nitrogens is 4. The lowest BCUT2D eigenvalue weighted by Gasteiger charge is -2.30. The van der Waals surface area contributed by atoms with Gasteiger partial charge in [0.15, 0.2) is 5.58 Å². The van der Waals surface area contributed by atoms with Crippen molar-refractivity contribution in [1.29, 1.82) is 0 Å². The van der Waals surface area contributed by atoms with Gasteiger partial charge in [0.05, 0.1) is 23.6 Å². The molecule has 3 heterocycles. The number of benzene rings is 2. The molecule has 1 aliphatic rings. The van der Waals surface area contributed by atoms with Crippen molar-refractivity contribution in [1.82, 2.24) is 24.9 Å². The molecule has 4 aromatic rings. The number of rotatable bonds is 3. The topological polar surface area (TPSA) is 80.3 Å². The maximum atomic E-state index is 13.6. The van der Waals surface area contributed by atoms with Gasteiger partial charge in [0.1, 0.15) is 5.52 Å². The summed E-state index contributed by atoms with van der Waals surface area (Å²) in [5, 5.41) is 8.42. The third-order valence-electron chi connectivity index (χ3n) is 6.07. The minimum absolute atomic E-state index is 0.0272. The zero-order valence-electron chi connectivity index (χ0n) is 17.8. The third-order valence-corrected chi connectivity index (χ3v) is 6.57. The van der Waals surface area contributed by atoms with Gasteiger partial charge in [0, 0.05) is 30.1 Å². The van der Waals surface area contributed by atoms with E-state index in [4.69, 9.17) is 4.42 Å². The minimum atomic E-state index is -0.0272. The van der Waals surface area contributed by atoms with Crippen molar-refractivity contribution >= 4 is 39.0 Å². The molecule has 0 N–H and O–H groups in total. The molecule has 1 saturated heterocycles. The fourth-order valence-electron chi connectivity index (χ4n) is 4.14. The van der Waals surface area contributed by atoms with Crippen LogP contribution in [0.25, 0.3) is 16.8 Å². The number of hydrogen-bond donors (Lipinski definition) is 0. The average molecular weight is 495 g/mol. The maximum Gasteiger partial charge on any atom is 0.298 e. The predicted octanol–water partition coefficient (Wildman–Crippen LogP) is 4.16. The van der Waals surface area contributed by atoms with Gasteiger partial charge < -0.3 is 14.2 Å². The highest BCUT2D eigenvalue weighted by atomic mass is 79.9. The van der Waals surface area contributed by atoms with E-state index in [2.05, 4.69) is 49.9 Å². The summed E-state index contributed by atoms with van der Waals surface area (Å²) in [7, 11) is 0. The minimum Gasteiger partial charge on any atom is -0.423 e. The van der Waals surface area contributed by atoms with Crippen molar-refractivity contribution in [3.8, 4) is 5.69 Å². The van der Waals surface area contributed by atoms with E-state index >= 15 is 0 Å². The van der Waals surface area contributed by atoms with Crippen molar-refractivity contribution in [2.24, 2.45) is 5.92 Å². The Balaban J connectivity index is 1.42. The molecule has 2 aromatic carbocycles. The summed E-state index contributed by atoms with van der Waals surface area (Å²) >= 11 is 3.48. The van der Waals surface area contributed by atoms with Crippen LogP contribution in [0, 0.1) is 5.92 Å². The van der Waals surface area contributed by atoms with Crippen molar-refractivity contribution < 1.29 is 9.21 Å². The van der Waals surface area contributed by atoms with E-state index in [9.17, 15) is 4.79 Å². The number of hydrogen-bond acceptors (Lipinski definition) is 6. The Kier molecular flexibility index (Phi) is 5.42. The Labute approximate surface area is 193 Å². The van der Waals surface area contributed by atoms with E-state index < -0.39 is 0 Å². The fourth-order valence-corrected chi connectivity index (χ4v) is 4.49. The van der Waals surface area contributed by atoms with Crippen molar-refractivity contribution in [3.05, 3.63) is 64.9 Å². The Morgan fingerprint density at radius 1 is 1.09 bits per heavy atom. The van der Waals surface area contributed by atoms with Crippen LogP contribution in [-0.2, 0) is 0 Å². The van der Waals surface area contributed by atoms with Gasteiger partial charge in [0.25, 0.3) is 11.9 Å². The number of nitrogens with zero attached hydrogens (tertiary/aromatic N) is 6. The molecule has 1 aliphatic heterocycles. The highest BCUT2D eigenvalue weighted by molar-refractivity contribution is 9.10. The predicted molar refractivity (Wildman–Crippen MR) is 125 cm³/mol. The largest absolute Gasteiger partial charge is 0.423 e. The zero-order chi connectivity index (χ0) is 22.2. The lowest BCUT2D eigenvalue weighted by molar-refractivity contribution is 0.0670. The second-order valence-electron chi connectivity index (χ2n) is 8.11.